The third kappa shape index (κ3) is 4.35. The number of urea groups is 1. The van der Waals surface area contributed by atoms with Crippen LogP contribution < -0.4 is 5.32 Å². The first-order valence-electron chi connectivity index (χ1n) is 8.40. The fourth-order valence-corrected chi connectivity index (χ4v) is 2.91. The zero-order chi connectivity index (χ0) is 17.8. The van der Waals surface area contributed by atoms with Crippen molar-refractivity contribution in [2.45, 2.75) is 32.4 Å². The standard InChI is InChI=1S/C19H21N3O3/c1-14(16-10-11-16)21(13-15-6-3-2-4-7-15)19(23)20-17-8-5-9-18(12-17)22(24)25/h2-9,12,14,16H,10-11,13H2,1H3,(H,20,23). The Labute approximate surface area is 146 Å². The van der Waals surface area contributed by atoms with E-state index in [4.69, 9.17) is 0 Å². The lowest BCUT2D eigenvalue weighted by Gasteiger charge is -2.29. The summed E-state index contributed by atoms with van der Waals surface area (Å²) in [7, 11) is 0. The lowest BCUT2D eigenvalue weighted by Crippen LogP contribution is -2.42. The van der Waals surface area contributed by atoms with E-state index in [1.807, 2.05) is 35.2 Å². The molecular formula is C19H21N3O3. The van der Waals surface area contributed by atoms with Crippen LogP contribution in [-0.4, -0.2) is 21.9 Å². The Morgan fingerprint density at radius 3 is 2.60 bits per heavy atom. The van der Waals surface area contributed by atoms with Crippen LogP contribution in [0.1, 0.15) is 25.3 Å². The first kappa shape index (κ1) is 17.0. The largest absolute Gasteiger partial charge is 0.322 e. The number of nitrogens with one attached hydrogen (secondary N) is 1. The maximum atomic E-state index is 12.8. The maximum Gasteiger partial charge on any atom is 0.322 e. The van der Waals surface area contributed by atoms with Gasteiger partial charge in [0, 0.05) is 30.4 Å². The third-order valence-corrected chi connectivity index (χ3v) is 4.56. The van der Waals surface area contributed by atoms with Gasteiger partial charge >= 0.3 is 6.03 Å². The molecule has 1 N–H and O–H groups in total. The smallest absolute Gasteiger partial charge is 0.317 e. The number of carbonyl (C=O) groups excluding carboxylic acids is 1. The quantitative estimate of drug-likeness (QED) is 0.625. The number of rotatable bonds is 6. The summed E-state index contributed by atoms with van der Waals surface area (Å²) in [5.74, 6) is 0.527. The summed E-state index contributed by atoms with van der Waals surface area (Å²) in [5, 5.41) is 13.7. The summed E-state index contributed by atoms with van der Waals surface area (Å²) in [5.41, 5.74) is 1.45. The van der Waals surface area contributed by atoms with Crippen LogP contribution in [0.15, 0.2) is 54.6 Å². The number of nitro benzene ring substituents is 1. The van der Waals surface area contributed by atoms with Gasteiger partial charge in [-0.05, 0) is 37.3 Å². The molecule has 2 amide bonds. The molecule has 25 heavy (non-hydrogen) atoms. The fourth-order valence-electron chi connectivity index (χ4n) is 2.91. The molecule has 1 saturated carbocycles. The molecule has 130 valence electrons. The SMILES string of the molecule is CC(C1CC1)N(Cc1ccccc1)C(=O)Nc1cccc([N+](=O)[O-])c1. The Bertz CT molecular complexity index is 760. The predicted octanol–water partition coefficient (Wildman–Crippen LogP) is 4.43. The van der Waals surface area contributed by atoms with Crippen molar-refractivity contribution in [1.29, 1.82) is 0 Å². The molecule has 1 aliphatic carbocycles. The minimum atomic E-state index is -0.468. The summed E-state index contributed by atoms with van der Waals surface area (Å²) in [6.07, 6.45) is 2.27. The molecule has 6 heteroatoms. The Morgan fingerprint density at radius 1 is 1.24 bits per heavy atom. The van der Waals surface area contributed by atoms with Crippen molar-refractivity contribution in [2.24, 2.45) is 5.92 Å². The van der Waals surface area contributed by atoms with Gasteiger partial charge in [-0.15, -0.1) is 0 Å². The van der Waals surface area contributed by atoms with Crippen molar-refractivity contribution in [3.05, 3.63) is 70.3 Å². The highest BCUT2D eigenvalue weighted by Crippen LogP contribution is 2.36. The Kier molecular flexibility index (Phi) is 4.97. The Balaban J connectivity index is 1.76. The number of benzene rings is 2. The summed E-state index contributed by atoms with van der Waals surface area (Å²) < 4.78 is 0. The van der Waals surface area contributed by atoms with Crippen LogP contribution in [0.4, 0.5) is 16.2 Å². The van der Waals surface area contributed by atoms with Gasteiger partial charge in [-0.1, -0.05) is 36.4 Å². The van der Waals surface area contributed by atoms with E-state index in [1.165, 1.54) is 12.1 Å². The highest BCUT2D eigenvalue weighted by Gasteiger charge is 2.34. The highest BCUT2D eigenvalue weighted by atomic mass is 16.6. The molecule has 6 nitrogen and oxygen atoms in total. The summed E-state index contributed by atoms with van der Waals surface area (Å²) in [4.78, 5) is 25.1. The van der Waals surface area contributed by atoms with Crippen LogP contribution >= 0.6 is 0 Å². The topological polar surface area (TPSA) is 75.5 Å². The summed E-state index contributed by atoms with van der Waals surface area (Å²) >= 11 is 0. The molecule has 0 aromatic heterocycles. The Hall–Kier alpha value is -2.89. The second kappa shape index (κ2) is 7.34. The van der Waals surface area contributed by atoms with E-state index < -0.39 is 4.92 Å². The molecule has 1 unspecified atom stereocenters. The molecule has 0 spiro atoms. The summed E-state index contributed by atoms with van der Waals surface area (Å²) in [6, 6.07) is 15.7. The number of anilines is 1. The van der Waals surface area contributed by atoms with Crippen molar-refractivity contribution in [1.82, 2.24) is 4.90 Å². The van der Waals surface area contributed by atoms with Crippen LogP contribution in [0, 0.1) is 16.0 Å². The molecule has 2 aromatic carbocycles. The van der Waals surface area contributed by atoms with Gasteiger partial charge in [-0.25, -0.2) is 4.79 Å². The number of non-ortho nitro benzene ring substituents is 1. The number of amides is 2. The first-order valence-corrected chi connectivity index (χ1v) is 8.40. The van der Waals surface area contributed by atoms with E-state index in [1.54, 1.807) is 12.1 Å². The normalized spacial score (nSPS) is 14.6. The highest BCUT2D eigenvalue weighted by molar-refractivity contribution is 5.90. The first-order chi connectivity index (χ1) is 12.0. The molecular weight excluding hydrogens is 318 g/mol. The Morgan fingerprint density at radius 2 is 1.96 bits per heavy atom. The predicted molar refractivity (Wildman–Crippen MR) is 96.3 cm³/mol. The van der Waals surface area contributed by atoms with Gasteiger partial charge in [0.05, 0.1) is 4.92 Å². The van der Waals surface area contributed by atoms with Crippen LogP contribution in [0.3, 0.4) is 0 Å². The second-order valence-electron chi connectivity index (χ2n) is 6.43. The molecule has 0 radical (unpaired) electrons. The molecule has 3 rings (SSSR count). The average Bonchev–Trinajstić information content (AvgIpc) is 3.45. The lowest BCUT2D eigenvalue weighted by molar-refractivity contribution is -0.384. The van der Waals surface area contributed by atoms with Crippen LogP contribution in [0.25, 0.3) is 0 Å². The average molecular weight is 339 g/mol. The van der Waals surface area contributed by atoms with Crippen molar-refractivity contribution in [3.63, 3.8) is 0 Å². The minimum Gasteiger partial charge on any atom is -0.317 e. The third-order valence-electron chi connectivity index (χ3n) is 4.56. The van der Waals surface area contributed by atoms with Gasteiger partial charge < -0.3 is 10.2 Å². The fraction of sp³-hybridized carbons (Fsp3) is 0.316. The van der Waals surface area contributed by atoms with Crippen molar-refractivity contribution in [3.8, 4) is 0 Å². The number of hydrogen-bond acceptors (Lipinski definition) is 3. The second-order valence-corrected chi connectivity index (χ2v) is 6.43. The van der Waals surface area contributed by atoms with Gasteiger partial charge in [0.15, 0.2) is 0 Å². The molecule has 1 fully saturated rings. The van der Waals surface area contributed by atoms with E-state index in [0.29, 0.717) is 18.2 Å². The number of hydrogen-bond donors (Lipinski definition) is 1. The lowest BCUT2D eigenvalue weighted by atomic mass is 10.1. The van der Waals surface area contributed by atoms with E-state index in [9.17, 15) is 14.9 Å². The molecule has 0 heterocycles. The van der Waals surface area contributed by atoms with E-state index in [2.05, 4.69) is 12.2 Å². The van der Waals surface area contributed by atoms with E-state index >= 15 is 0 Å². The maximum absolute atomic E-state index is 12.8. The molecule has 0 saturated heterocycles. The summed E-state index contributed by atoms with van der Waals surface area (Å²) in [6.45, 7) is 2.58. The van der Waals surface area contributed by atoms with Crippen molar-refractivity contribution in [2.75, 3.05) is 5.32 Å². The van der Waals surface area contributed by atoms with Gasteiger partial charge in [-0.2, -0.15) is 0 Å². The molecule has 0 bridgehead atoms. The van der Waals surface area contributed by atoms with Crippen molar-refractivity contribution < 1.29 is 9.72 Å². The van der Waals surface area contributed by atoms with E-state index in [0.717, 1.165) is 18.4 Å². The minimum absolute atomic E-state index is 0.0392. The van der Waals surface area contributed by atoms with Crippen LogP contribution in [-0.2, 0) is 6.54 Å². The van der Waals surface area contributed by atoms with Crippen molar-refractivity contribution >= 4 is 17.4 Å². The zero-order valence-electron chi connectivity index (χ0n) is 14.1. The number of nitrogens with zero attached hydrogens (tertiary/aromatic N) is 2. The number of carbonyl (C=O) groups is 1. The van der Waals surface area contributed by atoms with Gasteiger partial charge in [0.1, 0.15) is 0 Å². The van der Waals surface area contributed by atoms with Gasteiger partial charge in [0.2, 0.25) is 0 Å². The zero-order valence-corrected chi connectivity index (χ0v) is 14.1. The van der Waals surface area contributed by atoms with Gasteiger partial charge in [-0.3, -0.25) is 10.1 Å². The van der Waals surface area contributed by atoms with Crippen LogP contribution in [0.5, 0.6) is 0 Å². The monoisotopic (exact) mass is 339 g/mol. The van der Waals surface area contributed by atoms with Crippen LogP contribution in [0.2, 0.25) is 0 Å². The van der Waals surface area contributed by atoms with Gasteiger partial charge in [0.25, 0.3) is 5.69 Å². The molecule has 2 aromatic rings. The molecule has 0 aliphatic heterocycles. The molecule has 1 aliphatic rings. The molecule has 1 atom stereocenters. The number of nitro groups is 1. The van der Waals surface area contributed by atoms with E-state index in [-0.39, 0.29) is 17.8 Å².